The van der Waals surface area contributed by atoms with Crippen molar-refractivity contribution in [2.45, 2.75) is 38.4 Å². The second-order valence-corrected chi connectivity index (χ2v) is 9.43. The van der Waals surface area contributed by atoms with Crippen LogP contribution in [0.25, 0.3) is 16.9 Å². The lowest BCUT2D eigenvalue weighted by molar-refractivity contribution is 0.115. The number of benzene rings is 2. The third kappa shape index (κ3) is 4.17. The van der Waals surface area contributed by atoms with Crippen LogP contribution in [0, 0.1) is 11.6 Å². The molecule has 1 fully saturated rings. The highest BCUT2D eigenvalue weighted by Gasteiger charge is 2.37. The highest BCUT2D eigenvalue weighted by molar-refractivity contribution is 5.85. The van der Waals surface area contributed by atoms with Gasteiger partial charge in [0.25, 0.3) is 5.78 Å². The quantitative estimate of drug-likeness (QED) is 0.354. The zero-order valence-corrected chi connectivity index (χ0v) is 20.5. The van der Waals surface area contributed by atoms with Gasteiger partial charge < -0.3 is 4.90 Å². The topological polar surface area (TPSA) is 75.3 Å². The van der Waals surface area contributed by atoms with Gasteiger partial charge in [0.15, 0.2) is 11.5 Å². The second-order valence-electron chi connectivity index (χ2n) is 9.43. The van der Waals surface area contributed by atoms with E-state index in [1.165, 1.54) is 24.3 Å². The first kappa shape index (κ1) is 23.4. The number of hydrogen-bond acceptors (Lipinski definition) is 7. The summed E-state index contributed by atoms with van der Waals surface area (Å²) in [6, 6.07) is 13.2. The van der Waals surface area contributed by atoms with Crippen molar-refractivity contribution in [1.82, 2.24) is 34.4 Å². The summed E-state index contributed by atoms with van der Waals surface area (Å²) in [5.41, 5.74) is 3.28. The Morgan fingerprint density at radius 1 is 0.919 bits per heavy atom. The molecule has 3 aromatic heterocycles. The van der Waals surface area contributed by atoms with E-state index in [4.69, 9.17) is 4.98 Å². The van der Waals surface area contributed by atoms with E-state index in [0.29, 0.717) is 30.0 Å². The fraction of sp³-hybridized carbons (Fsp3) is 0.296. The number of piperazine rings is 1. The molecule has 1 aliphatic heterocycles. The predicted molar refractivity (Wildman–Crippen MR) is 136 cm³/mol. The van der Waals surface area contributed by atoms with E-state index in [1.54, 1.807) is 23.1 Å². The van der Waals surface area contributed by atoms with Crippen LogP contribution < -0.4 is 4.90 Å². The van der Waals surface area contributed by atoms with Crippen molar-refractivity contribution in [1.29, 1.82) is 0 Å². The van der Waals surface area contributed by atoms with Gasteiger partial charge in [-0.2, -0.15) is 4.98 Å². The molecule has 2 aromatic carbocycles. The minimum atomic E-state index is -0.283. The molecule has 6 rings (SSSR count). The van der Waals surface area contributed by atoms with Crippen LogP contribution in [0.2, 0.25) is 0 Å². The summed E-state index contributed by atoms with van der Waals surface area (Å²) in [5, 5.41) is 8.17. The predicted octanol–water partition coefficient (Wildman–Crippen LogP) is 4.42. The largest absolute Gasteiger partial charge is 0.349 e. The van der Waals surface area contributed by atoms with E-state index in [1.807, 2.05) is 24.3 Å². The molecule has 2 atom stereocenters. The highest BCUT2D eigenvalue weighted by Crippen LogP contribution is 2.36. The molecule has 10 heteroatoms. The molecule has 0 N–H and O–H groups in total. The first-order valence-electron chi connectivity index (χ1n) is 12.4. The minimum absolute atomic E-state index is 0.0641. The first-order valence-corrected chi connectivity index (χ1v) is 12.4. The monoisotopic (exact) mass is 500 g/mol. The van der Waals surface area contributed by atoms with E-state index in [0.717, 1.165) is 23.4 Å². The van der Waals surface area contributed by atoms with Gasteiger partial charge in [0, 0.05) is 37.6 Å². The van der Waals surface area contributed by atoms with Gasteiger partial charge in [-0.05, 0) is 48.7 Å². The summed E-state index contributed by atoms with van der Waals surface area (Å²) in [7, 11) is 0. The van der Waals surface area contributed by atoms with Crippen LogP contribution in [0.4, 0.5) is 14.6 Å². The molecular weight excluding hydrogens is 474 g/mol. The molecule has 188 valence electrons. The second kappa shape index (κ2) is 9.44. The SMILES string of the molecule is CC[C@@H]1CN(c2nc3nncn3c3nccnc23)[C@@H](C)CN1C(c1ccc(F)cc1)c1ccc(F)cc1. The molecule has 1 saturated heterocycles. The summed E-state index contributed by atoms with van der Waals surface area (Å²) in [6.07, 6.45) is 5.78. The number of fused-ring (bicyclic) bond motifs is 3. The average Bonchev–Trinajstić information content (AvgIpc) is 3.40. The Morgan fingerprint density at radius 3 is 2.22 bits per heavy atom. The average molecular weight is 501 g/mol. The molecule has 1 aliphatic rings. The third-order valence-corrected chi connectivity index (χ3v) is 7.18. The highest BCUT2D eigenvalue weighted by atomic mass is 19.1. The smallest absolute Gasteiger partial charge is 0.258 e. The molecule has 0 saturated carbocycles. The summed E-state index contributed by atoms with van der Waals surface area (Å²) in [5.74, 6) is 0.639. The van der Waals surface area contributed by atoms with Crippen LogP contribution >= 0.6 is 0 Å². The summed E-state index contributed by atoms with van der Waals surface area (Å²) < 4.78 is 29.4. The Balaban J connectivity index is 1.41. The zero-order valence-electron chi connectivity index (χ0n) is 20.5. The summed E-state index contributed by atoms with van der Waals surface area (Å²) in [4.78, 5) is 18.7. The Labute approximate surface area is 212 Å². The summed E-state index contributed by atoms with van der Waals surface area (Å²) >= 11 is 0. The van der Waals surface area contributed by atoms with Gasteiger partial charge in [0.05, 0.1) is 6.04 Å². The first-order chi connectivity index (χ1) is 18.0. The van der Waals surface area contributed by atoms with Crippen LogP contribution in [0.5, 0.6) is 0 Å². The molecule has 37 heavy (non-hydrogen) atoms. The number of halogens is 2. The van der Waals surface area contributed by atoms with Crippen molar-refractivity contribution in [3.05, 3.63) is 90.0 Å². The van der Waals surface area contributed by atoms with Crippen LogP contribution in [0.3, 0.4) is 0 Å². The van der Waals surface area contributed by atoms with Crippen molar-refractivity contribution in [3.8, 4) is 0 Å². The molecular formula is C27H26F2N8. The van der Waals surface area contributed by atoms with Crippen molar-refractivity contribution in [2.75, 3.05) is 18.0 Å². The van der Waals surface area contributed by atoms with E-state index in [-0.39, 0.29) is 29.8 Å². The molecule has 4 heterocycles. The Bertz CT molecular complexity index is 1490. The van der Waals surface area contributed by atoms with Crippen LogP contribution in [-0.2, 0) is 0 Å². The molecule has 0 radical (unpaired) electrons. The Hall–Kier alpha value is -4.05. The van der Waals surface area contributed by atoms with Gasteiger partial charge in [-0.1, -0.05) is 31.2 Å². The minimum Gasteiger partial charge on any atom is -0.349 e. The van der Waals surface area contributed by atoms with E-state index in [9.17, 15) is 8.78 Å². The van der Waals surface area contributed by atoms with Gasteiger partial charge in [-0.3, -0.25) is 4.90 Å². The molecule has 0 bridgehead atoms. The van der Waals surface area contributed by atoms with Gasteiger partial charge in [-0.15, -0.1) is 10.2 Å². The lowest BCUT2D eigenvalue weighted by atomic mass is 9.92. The maximum absolute atomic E-state index is 13.8. The molecule has 0 spiro atoms. The summed E-state index contributed by atoms with van der Waals surface area (Å²) in [6.45, 7) is 5.72. The van der Waals surface area contributed by atoms with Crippen LogP contribution in [0.1, 0.15) is 37.4 Å². The van der Waals surface area contributed by atoms with Crippen molar-refractivity contribution in [2.24, 2.45) is 0 Å². The number of hydrogen-bond donors (Lipinski definition) is 0. The third-order valence-electron chi connectivity index (χ3n) is 7.18. The number of nitrogens with zero attached hydrogens (tertiary/aromatic N) is 8. The normalized spacial score (nSPS) is 18.8. The fourth-order valence-electron chi connectivity index (χ4n) is 5.37. The Morgan fingerprint density at radius 2 is 1.57 bits per heavy atom. The van der Waals surface area contributed by atoms with Gasteiger partial charge in [0.2, 0.25) is 0 Å². The molecule has 0 amide bonds. The van der Waals surface area contributed by atoms with Gasteiger partial charge in [0.1, 0.15) is 23.5 Å². The van der Waals surface area contributed by atoms with Crippen LogP contribution in [-0.4, -0.2) is 59.6 Å². The van der Waals surface area contributed by atoms with E-state index in [2.05, 4.69) is 43.8 Å². The van der Waals surface area contributed by atoms with Crippen molar-refractivity contribution < 1.29 is 8.78 Å². The maximum Gasteiger partial charge on any atom is 0.258 e. The van der Waals surface area contributed by atoms with Crippen molar-refractivity contribution >= 4 is 22.8 Å². The molecule has 0 aliphatic carbocycles. The fourth-order valence-corrected chi connectivity index (χ4v) is 5.37. The lowest BCUT2D eigenvalue weighted by Crippen LogP contribution is -2.58. The van der Waals surface area contributed by atoms with E-state index >= 15 is 0 Å². The maximum atomic E-state index is 13.8. The number of anilines is 1. The zero-order chi connectivity index (χ0) is 25.5. The molecule has 5 aromatic rings. The standard InChI is InChI=1S/C27H26F2N8/c1-3-22-15-35(26-23-25(31-13-12-30-23)37-16-32-34-27(37)33-26)17(2)14-36(22)24(18-4-8-20(28)9-5-18)19-6-10-21(29)11-7-19/h4-13,16-17,22,24H,3,14-15H2,1-2H3/t17-,22+/m0/s1. The lowest BCUT2D eigenvalue weighted by Gasteiger charge is -2.49. The van der Waals surface area contributed by atoms with Gasteiger partial charge >= 0.3 is 0 Å². The van der Waals surface area contributed by atoms with Crippen LogP contribution in [0.15, 0.2) is 67.3 Å². The molecule has 0 unspecified atom stereocenters. The number of rotatable bonds is 5. The molecule has 8 nitrogen and oxygen atoms in total. The van der Waals surface area contributed by atoms with Crippen molar-refractivity contribution in [3.63, 3.8) is 0 Å². The Kier molecular flexibility index (Phi) is 5.96. The number of aromatic nitrogens is 6. The van der Waals surface area contributed by atoms with Gasteiger partial charge in [-0.25, -0.2) is 23.1 Å². The van der Waals surface area contributed by atoms with E-state index < -0.39 is 0 Å².